The van der Waals surface area contributed by atoms with Crippen molar-refractivity contribution in [3.8, 4) is 11.3 Å². The summed E-state index contributed by atoms with van der Waals surface area (Å²) in [6, 6.07) is 5.78. The molecule has 1 amide bonds. The van der Waals surface area contributed by atoms with Gasteiger partial charge in [0, 0.05) is 17.7 Å². The molecule has 39 heavy (non-hydrogen) atoms. The number of halogens is 4. The quantitative estimate of drug-likeness (QED) is 0.449. The van der Waals surface area contributed by atoms with Crippen molar-refractivity contribution in [1.82, 2.24) is 9.71 Å². The summed E-state index contributed by atoms with van der Waals surface area (Å²) < 4.78 is 77.1. The Kier molecular flexibility index (Phi) is 8.00. The van der Waals surface area contributed by atoms with Gasteiger partial charge in [0.2, 0.25) is 5.60 Å². The first-order valence-electron chi connectivity index (χ1n) is 12.1. The molecular weight excluding hydrogens is 540 g/mol. The van der Waals surface area contributed by atoms with E-state index in [1.165, 1.54) is 17.0 Å². The molecule has 0 fully saturated rings. The van der Waals surface area contributed by atoms with Crippen LogP contribution in [0.3, 0.4) is 0 Å². The van der Waals surface area contributed by atoms with Crippen molar-refractivity contribution in [2.75, 3.05) is 18.0 Å². The van der Waals surface area contributed by atoms with Crippen molar-refractivity contribution in [2.24, 2.45) is 5.73 Å². The molecule has 0 saturated carbocycles. The minimum absolute atomic E-state index is 0.0714. The molecule has 4 N–H and O–H groups in total. The van der Waals surface area contributed by atoms with E-state index in [9.17, 15) is 31.7 Å². The van der Waals surface area contributed by atoms with Gasteiger partial charge in [0.25, 0.3) is 0 Å². The molecule has 0 radical (unpaired) electrons. The van der Waals surface area contributed by atoms with Gasteiger partial charge in [-0.3, -0.25) is 4.90 Å². The van der Waals surface area contributed by atoms with Gasteiger partial charge >= 0.3 is 12.3 Å². The molecule has 3 rings (SSSR count). The molecule has 8 nitrogen and oxygen atoms in total. The van der Waals surface area contributed by atoms with E-state index < -0.39 is 62.8 Å². The van der Waals surface area contributed by atoms with Crippen LogP contribution in [0.1, 0.15) is 59.7 Å². The number of nitrogens with two attached hydrogens (primary N) is 1. The second-order valence-electron chi connectivity index (χ2n) is 11.7. The van der Waals surface area contributed by atoms with Crippen LogP contribution in [-0.4, -0.2) is 50.0 Å². The van der Waals surface area contributed by atoms with Gasteiger partial charge < -0.3 is 15.6 Å². The van der Waals surface area contributed by atoms with Crippen molar-refractivity contribution >= 4 is 22.8 Å². The van der Waals surface area contributed by atoms with Gasteiger partial charge in [-0.25, -0.2) is 23.1 Å². The van der Waals surface area contributed by atoms with Crippen LogP contribution in [0.2, 0.25) is 0 Å². The normalized spacial score (nSPS) is 20.4. The minimum atomic E-state index is -5.20. The Balaban J connectivity index is 2.41. The van der Waals surface area contributed by atoms with E-state index in [-0.39, 0.29) is 29.1 Å². The molecular formula is C26H34F4N4O4S. The fourth-order valence-electron chi connectivity index (χ4n) is 4.02. The summed E-state index contributed by atoms with van der Waals surface area (Å²) in [5, 5.41) is 10.7. The number of fused-ring (bicyclic) bond motifs is 1. The molecule has 2 heterocycles. The number of aromatic nitrogens is 1. The second-order valence-corrected chi connectivity index (χ2v) is 13.7. The lowest BCUT2D eigenvalue weighted by Gasteiger charge is -2.32. The standard InChI is InChI=1S/C26H34F4N4O4S/c1-22(2,3)38-21(35)34-14-24(7,33-39(37)23(4,5)6)17-12-18(25(36,13-31)26(28,29)30)32-19(20(17)34)15-8-10-16(27)11-9-15/h8-12,33,36H,13-14,31H2,1-7H3/t24-,25?,39?/m1/s1. The van der Waals surface area contributed by atoms with Gasteiger partial charge in [-0.15, -0.1) is 0 Å². The average molecular weight is 575 g/mol. The fourth-order valence-corrected chi connectivity index (χ4v) is 4.91. The summed E-state index contributed by atoms with van der Waals surface area (Å²) in [6.45, 7) is 10.2. The molecule has 3 atom stereocenters. The van der Waals surface area contributed by atoms with Gasteiger partial charge in [-0.2, -0.15) is 13.2 Å². The Bertz CT molecular complexity index is 1270. The van der Waals surface area contributed by atoms with Crippen LogP contribution in [0.15, 0.2) is 30.3 Å². The lowest BCUT2D eigenvalue weighted by Crippen LogP contribution is -2.50. The number of anilines is 1. The smallest absolute Gasteiger partial charge is 0.424 e. The van der Waals surface area contributed by atoms with Crippen LogP contribution in [0, 0.1) is 5.82 Å². The third kappa shape index (κ3) is 6.11. The molecule has 13 heteroatoms. The van der Waals surface area contributed by atoms with E-state index in [0.717, 1.165) is 18.2 Å². The number of carbonyl (C=O) groups excluding carboxylic acids is 1. The van der Waals surface area contributed by atoms with E-state index >= 15 is 0 Å². The number of hydrogen-bond donors (Lipinski definition) is 3. The minimum Gasteiger partial charge on any atom is -0.443 e. The molecule has 1 aromatic carbocycles. The highest BCUT2D eigenvalue weighted by Crippen LogP contribution is 2.48. The molecule has 216 valence electrons. The maximum atomic E-state index is 14.1. The predicted octanol–water partition coefficient (Wildman–Crippen LogP) is 4.62. The monoisotopic (exact) mass is 574 g/mol. The molecule has 0 saturated heterocycles. The predicted molar refractivity (Wildman–Crippen MR) is 141 cm³/mol. The lowest BCUT2D eigenvalue weighted by molar-refractivity contribution is -0.263. The number of nitrogens with zero attached hydrogens (tertiary/aromatic N) is 2. The van der Waals surface area contributed by atoms with E-state index in [0.29, 0.717) is 0 Å². The zero-order valence-corrected chi connectivity index (χ0v) is 23.7. The Morgan fingerprint density at radius 1 is 1.18 bits per heavy atom. The Morgan fingerprint density at radius 3 is 2.21 bits per heavy atom. The first-order valence-corrected chi connectivity index (χ1v) is 13.3. The number of hydrogen-bond acceptors (Lipinski definition) is 6. The highest BCUT2D eigenvalue weighted by molar-refractivity contribution is 7.84. The molecule has 0 spiro atoms. The molecule has 1 aliphatic rings. The third-order valence-corrected chi connectivity index (χ3v) is 7.87. The van der Waals surface area contributed by atoms with Crippen LogP contribution in [-0.2, 0) is 26.9 Å². The number of aliphatic hydroxyl groups is 1. The zero-order chi connectivity index (χ0) is 29.8. The fraction of sp³-hybridized carbons (Fsp3) is 0.538. The number of rotatable bonds is 5. The van der Waals surface area contributed by atoms with Crippen molar-refractivity contribution in [3.63, 3.8) is 0 Å². The summed E-state index contributed by atoms with van der Waals surface area (Å²) >= 11 is 0. The highest BCUT2D eigenvalue weighted by Gasteiger charge is 2.57. The number of pyridine rings is 1. The summed E-state index contributed by atoms with van der Waals surface area (Å²) in [4.78, 5) is 18.7. The third-order valence-electron chi connectivity index (χ3n) is 6.13. The topological polar surface area (TPSA) is 118 Å². The molecule has 1 aromatic heterocycles. The SMILES string of the molecule is CC(C)(C)OC(=O)N1C[C@@](C)(NS(=O)C(C)(C)C)c2cc(C(O)(CN)C(F)(F)F)nc(-c3ccc(F)cc3)c21. The number of nitrogens with one attached hydrogen (secondary N) is 1. The maximum Gasteiger partial charge on any atom is 0.424 e. The van der Waals surface area contributed by atoms with Crippen molar-refractivity contribution < 1.29 is 36.4 Å². The van der Waals surface area contributed by atoms with E-state index in [1.54, 1.807) is 48.5 Å². The van der Waals surface area contributed by atoms with E-state index in [4.69, 9.17) is 10.5 Å². The molecule has 0 aliphatic carbocycles. The molecule has 2 unspecified atom stereocenters. The number of alkyl halides is 3. The number of benzene rings is 1. The zero-order valence-electron chi connectivity index (χ0n) is 22.9. The number of ether oxygens (including phenoxy) is 1. The van der Waals surface area contributed by atoms with Crippen molar-refractivity contribution in [1.29, 1.82) is 0 Å². The van der Waals surface area contributed by atoms with Crippen molar-refractivity contribution in [2.45, 2.75) is 76.1 Å². The maximum absolute atomic E-state index is 14.1. The van der Waals surface area contributed by atoms with Crippen molar-refractivity contribution in [3.05, 3.63) is 47.4 Å². The van der Waals surface area contributed by atoms with Crippen LogP contribution in [0.4, 0.5) is 28.0 Å². The first kappa shape index (κ1) is 30.9. The van der Waals surface area contributed by atoms with Crippen LogP contribution in [0.25, 0.3) is 11.3 Å². The van der Waals surface area contributed by atoms with Gasteiger partial charge in [0.15, 0.2) is 0 Å². The van der Waals surface area contributed by atoms with Crippen LogP contribution < -0.4 is 15.4 Å². The molecule has 1 aliphatic heterocycles. The molecule has 0 bridgehead atoms. The Morgan fingerprint density at radius 2 is 1.74 bits per heavy atom. The summed E-state index contributed by atoms with van der Waals surface area (Å²) in [6.07, 6.45) is -6.02. The highest BCUT2D eigenvalue weighted by atomic mass is 32.2. The number of carbonyl (C=O) groups is 1. The summed E-state index contributed by atoms with van der Waals surface area (Å²) in [5.41, 5.74) is -1.04. The van der Waals surface area contributed by atoms with Gasteiger partial charge in [0.1, 0.15) is 11.4 Å². The Labute approximate surface area is 227 Å². The summed E-state index contributed by atoms with van der Waals surface area (Å²) in [7, 11) is -1.73. The van der Waals surface area contributed by atoms with Crippen LogP contribution in [0.5, 0.6) is 0 Å². The average Bonchev–Trinajstić information content (AvgIpc) is 3.08. The van der Waals surface area contributed by atoms with Gasteiger partial charge in [-0.1, -0.05) is 0 Å². The van der Waals surface area contributed by atoms with E-state index in [2.05, 4.69) is 9.71 Å². The summed E-state index contributed by atoms with van der Waals surface area (Å²) in [5.74, 6) is -0.601. The van der Waals surface area contributed by atoms with E-state index in [1.807, 2.05) is 0 Å². The molecule has 2 aromatic rings. The first-order chi connectivity index (χ1) is 17.6. The Hall–Kier alpha value is -2.61. The van der Waals surface area contributed by atoms with Gasteiger partial charge in [-0.05, 0) is 78.8 Å². The van der Waals surface area contributed by atoms with Crippen LogP contribution >= 0.6 is 0 Å². The number of amides is 1. The lowest BCUT2D eigenvalue weighted by atomic mass is 9.89. The second kappa shape index (κ2) is 10.1. The largest absolute Gasteiger partial charge is 0.443 e. The van der Waals surface area contributed by atoms with Gasteiger partial charge in [0.05, 0.1) is 44.9 Å².